The minimum absolute atomic E-state index is 0.166. The Balaban J connectivity index is 2.21. The van der Waals surface area contributed by atoms with Gasteiger partial charge in [-0.25, -0.2) is 4.98 Å². The monoisotopic (exact) mass is 249 g/mol. The van der Waals surface area contributed by atoms with Gasteiger partial charge in [0, 0.05) is 19.2 Å². The highest BCUT2D eigenvalue weighted by Crippen LogP contribution is 2.21. The minimum Gasteiger partial charge on any atom is -0.495 e. The molecule has 0 aromatic carbocycles. The molecule has 1 aromatic rings. The quantitative estimate of drug-likeness (QED) is 0.866. The van der Waals surface area contributed by atoms with Gasteiger partial charge in [0.05, 0.1) is 13.3 Å². The van der Waals surface area contributed by atoms with Crippen molar-refractivity contribution in [1.29, 1.82) is 0 Å². The molecule has 98 valence electrons. The van der Waals surface area contributed by atoms with Gasteiger partial charge in [0.25, 0.3) is 5.91 Å². The molecule has 18 heavy (non-hydrogen) atoms. The largest absolute Gasteiger partial charge is 0.495 e. The molecule has 0 unspecified atom stereocenters. The molecule has 0 spiro atoms. The lowest BCUT2D eigenvalue weighted by Crippen LogP contribution is -2.22. The zero-order valence-electron chi connectivity index (χ0n) is 10.9. The molecular weight excluding hydrogens is 230 g/mol. The Morgan fingerprint density at radius 1 is 1.50 bits per heavy atom. The lowest BCUT2D eigenvalue weighted by atomic mass is 10.2. The number of ether oxygens (including phenoxy) is 1. The number of methoxy groups -OCH3 is 1. The number of hydrogen-bond acceptors (Lipinski definition) is 4. The van der Waals surface area contributed by atoms with Crippen LogP contribution in [0.1, 0.15) is 28.9 Å². The third kappa shape index (κ3) is 2.79. The van der Waals surface area contributed by atoms with E-state index in [0.717, 1.165) is 30.9 Å². The SMILES string of the molecule is CNC(=O)c1cc(CN2CCCC2)c(OC)cn1. The molecule has 2 rings (SSSR count). The maximum atomic E-state index is 11.6. The number of rotatable bonds is 4. The average Bonchev–Trinajstić information content (AvgIpc) is 2.90. The van der Waals surface area contributed by atoms with Crippen molar-refractivity contribution in [3.8, 4) is 5.75 Å². The van der Waals surface area contributed by atoms with Crippen molar-refractivity contribution < 1.29 is 9.53 Å². The predicted octanol–water partition coefficient (Wildman–Crippen LogP) is 1.05. The molecule has 0 saturated carbocycles. The highest BCUT2D eigenvalue weighted by molar-refractivity contribution is 5.92. The van der Waals surface area contributed by atoms with E-state index >= 15 is 0 Å². The summed E-state index contributed by atoms with van der Waals surface area (Å²) in [7, 11) is 3.23. The Labute approximate surface area is 107 Å². The van der Waals surface area contributed by atoms with Crippen LogP contribution in [0.2, 0.25) is 0 Å². The fourth-order valence-corrected chi connectivity index (χ4v) is 2.23. The van der Waals surface area contributed by atoms with Crippen molar-refractivity contribution in [2.45, 2.75) is 19.4 Å². The standard InChI is InChI=1S/C13H19N3O2/c1-14-13(17)11-7-10(12(18-2)8-15-11)9-16-5-3-4-6-16/h7-8H,3-6,9H2,1-2H3,(H,14,17). The van der Waals surface area contributed by atoms with E-state index in [-0.39, 0.29) is 5.91 Å². The van der Waals surface area contributed by atoms with E-state index in [1.807, 2.05) is 6.07 Å². The van der Waals surface area contributed by atoms with Crippen LogP contribution in [-0.2, 0) is 6.54 Å². The summed E-state index contributed by atoms with van der Waals surface area (Å²) in [6.07, 6.45) is 4.11. The molecule has 0 aliphatic carbocycles. The van der Waals surface area contributed by atoms with Gasteiger partial charge in [-0.1, -0.05) is 0 Å². The van der Waals surface area contributed by atoms with Gasteiger partial charge in [-0.05, 0) is 32.0 Å². The van der Waals surface area contributed by atoms with Crippen molar-refractivity contribution in [2.75, 3.05) is 27.2 Å². The van der Waals surface area contributed by atoms with Gasteiger partial charge in [-0.2, -0.15) is 0 Å². The van der Waals surface area contributed by atoms with E-state index in [4.69, 9.17) is 4.74 Å². The Bertz CT molecular complexity index is 428. The molecule has 1 amide bonds. The maximum Gasteiger partial charge on any atom is 0.269 e. The number of nitrogens with one attached hydrogen (secondary N) is 1. The fourth-order valence-electron chi connectivity index (χ4n) is 2.23. The highest BCUT2D eigenvalue weighted by Gasteiger charge is 2.16. The Morgan fingerprint density at radius 3 is 2.83 bits per heavy atom. The van der Waals surface area contributed by atoms with Gasteiger partial charge in [-0.15, -0.1) is 0 Å². The molecule has 1 saturated heterocycles. The minimum atomic E-state index is -0.166. The number of hydrogen-bond donors (Lipinski definition) is 1. The second-order valence-corrected chi connectivity index (χ2v) is 4.44. The van der Waals surface area contributed by atoms with Crippen molar-refractivity contribution in [1.82, 2.24) is 15.2 Å². The number of likely N-dealkylation sites (tertiary alicyclic amines) is 1. The van der Waals surface area contributed by atoms with Crippen LogP contribution in [0.4, 0.5) is 0 Å². The van der Waals surface area contributed by atoms with Gasteiger partial charge in [0.15, 0.2) is 0 Å². The van der Waals surface area contributed by atoms with E-state index in [2.05, 4.69) is 15.2 Å². The maximum absolute atomic E-state index is 11.6. The van der Waals surface area contributed by atoms with E-state index < -0.39 is 0 Å². The highest BCUT2D eigenvalue weighted by atomic mass is 16.5. The second-order valence-electron chi connectivity index (χ2n) is 4.44. The predicted molar refractivity (Wildman–Crippen MR) is 68.7 cm³/mol. The molecule has 0 atom stereocenters. The van der Waals surface area contributed by atoms with Crippen LogP contribution in [0.5, 0.6) is 5.75 Å². The third-order valence-electron chi connectivity index (χ3n) is 3.22. The molecule has 1 aliphatic heterocycles. The first-order chi connectivity index (χ1) is 8.74. The number of carbonyl (C=O) groups is 1. The number of carbonyl (C=O) groups excluding carboxylic acids is 1. The zero-order chi connectivity index (χ0) is 13.0. The van der Waals surface area contributed by atoms with E-state index in [1.165, 1.54) is 12.8 Å². The van der Waals surface area contributed by atoms with E-state index in [9.17, 15) is 4.79 Å². The Morgan fingerprint density at radius 2 is 2.22 bits per heavy atom. The summed E-state index contributed by atoms with van der Waals surface area (Å²) < 4.78 is 5.30. The van der Waals surface area contributed by atoms with Crippen LogP contribution in [-0.4, -0.2) is 43.0 Å². The normalized spacial score (nSPS) is 15.7. The molecule has 0 radical (unpaired) electrons. The molecule has 5 nitrogen and oxygen atoms in total. The smallest absolute Gasteiger partial charge is 0.269 e. The molecular formula is C13H19N3O2. The van der Waals surface area contributed by atoms with Crippen LogP contribution in [0, 0.1) is 0 Å². The fraction of sp³-hybridized carbons (Fsp3) is 0.538. The van der Waals surface area contributed by atoms with E-state index in [0.29, 0.717) is 5.69 Å². The number of pyridine rings is 1. The molecule has 2 heterocycles. The number of amides is 1. The topological polar surface area (TPSA) is 54.5 Å². The number of aromatic nitrogens is 1. The van der Waals surface area contributed by atoms with Gasteiger partial charge in [0.2, 0.25) is 0 Å². The van der Waals surface area contributed by atoms with Crippen LogP contribution in [0.15, 0.2) is 12.3 Å². The summed E-state index contributed by atoms with van der Waals surface area (Å²) in [5.74, 6) is 0.579. The van der Waals surface area contributed by atoms with Crippen LogP contribution < -0.4 is 10.1 Å². The second kappa shape index (κ2) is 5.82. The molecule has 1 aliphatic rings. The molecule has 1 fully saturated rings. The summed E-state index contributed by atoms with van der Waals surface area (Å²) in [6.45, 7) is 3.04. The summed E-state index contributed by atoms with van der Waals surface area (Å²) in [5, 5.41) is 2.58. The number of nitrogens with zero attached hydrogens (tertiary/aromatic N) is 2. The Hall–Kier alpha value is -1.62. The molecule has 1 aromatic heterocycles. The van der Waals surface area contributed by atoms with E-state index in [1.54, 1.807) is 20.4 Å². The first-order valence-electron chi connectivity index (χ1n) is 6.22. The van der Waals surface area contributed by atoms with Crippen LogP contribution in [0.3, 0.4) is 0 Å². The summed E-state index contributed by atoms with van der Waals surface area (Å²) in [4.78, 5) is 18.0. The van der Waals surface area contributed by atoms with Crippen molar-refractivity contribution in [3.05, 3.63) is 23.5 Å². The lowest BCUT2D eigenvalue weighted by molar-refractivity contribution is 0.0958. The molecule has 5 heteroatoms. The lowest BCUT2D eigenvalue weighted by Gasteiger charge is -2.17. The average molecular weight is 249 g/mol. The first kappa shape index (κ1) is 12.8. The van der Waals surface area contributed by atoms with Crippen LogP contribution in [0.25, 0.3) is 0 Å². The molecule has 0 bridgehead atoms. The van der Waals surface area contributed by atoms with Crippen molar-refractivity contribution >= 4 is 5.91 Å². The summed E-state index contributed by atoms with van der Waals surface area (Å²) in [5.41, 5.74) is 1.46. The Kier molecular flexibility index (Phi) is 4.15. The van der Waals surface area contributed by atoms with Crippen molar-refractivity contribution in [2.24, 2.45) is 0 Å². The van der Waals surface area contributed by atoms with Gasteiger partial charge < -0.3 is 10.1 Å². The molecule has 1 N–H and O–H groups in total. The zero-order valence-corrected chi connectivity index (χ0v) is 10.9. The van der Waals surface area contributed by atoms with Gasteiger partial charge >= 0.3 is 0 Å². The van der Waals surface area contributed by atoms with Gasteiger partial charge in [-0.3, -0.25) is 9.69 Å². The summed E-state index contributed by atoms with van der Waals surface area (Å²) >= 11 is 0. The first-order valence-corrected chi connectivity index (χ1v) is 6.22. The van der Waals surface area contributed by atoms with Gasteiger partial charge in [0.1, 0.15) is 11.4 Å². The summed E-state index contributed by atoms with van der Waals surface area (Å²) in [6, 6.07) is 1.82. The van der Waals surface area contributed by atoms with Crippen LogP contribution >= 0.6 is 0 Å². The van der Waals surface area contributed by atoms with Crippen molar-refractivity contribution in [3.63, 3.8) is 0 Å². The third-order valence-corrected chi connectivity index (χ3v) is 3.22.